The van der Waals surface area contributed by atoms with Gasteiger partial charge in [-0.25, -0.2) is 4.98 Å². The van der Waals surface area contributed by atoms with Gasteiger partial charge >= 0.3 is 0 Å². The van der Waals surface area contributed by atoms with E-state index in [4.69, 9.17) is 0 Å². The largest absolute Gasteiger partial charge is 0.493 e. The lowest BCUT2D eigenvalue weighted by Gasteiger charge is -1.93. The van der Waals surface area contributed by atoms with Crippen LogP contribution in [-0.4, -0.2) is 25.8 Å². The number of fused-ring (bicyclic) bond motifs is 1. The van der Waals surface area contributed by atoms with Crippen LogP contribution >= 0.6 is 0 Å². The summed E-state index contributed by atoms with van der Waals surface area (Å²) in [5.41, 5.74) is 1.18. The fourth-order valence-corrected chi connectivity index (χ4v) is 1.27. The Labute approximate surface area is 80.0 Å². The first kappa shape index (κ1) is 8.68. The van der Waals surface area contributed by atoms with Gasteiger partial charge in [0.2, 0.25) is 11.8 Å². The van der Waals surface area contributed by atoms with Crippen LogP contribution in [0.25, 0.3) is 11.0 Å². The van der Waals surface area contributed by atoms with Crippen LogP contribution < -0.4 is 0 Å². The molecule has 5 nitrogen and oxygen atoms in total. The van der Waals surface area contributed by atoms with Crippen molar-refractivity contribution in [2.75, 3.05) is 0 Å². The molecule has 0 atom stereocenters. The second-order valence-electron chi connectivity index (χ2n) is 3.08. The molecular formula is C9H9N3O2. The van der Waals surface area contributed by atoms with Gasteiger partial charge in [0.05, 0.1) is 5.39 Å². The van der Waals surface area contributed by atoms with Gasteiger partial charge in [-0.2, -0.15) is 4.68 Å². The van der Waals surface area contributed by atoms with Gasteiger partial charge in [0.25, 0.3) is 0 Å². The molecule has 0 aliphatic heterocycles. The molecule has 0 aromatic carbocycles. The molecule has 2 heterocycles. The van der Waals surface area contributed by atoms with Crippen LogP contribution in [0, 0.1) is 6.92 Å². The number of aromatic nitrogens is 3. The minimum atomic E-state index is -0.335. The Bertz CT molecular complexity index is 516. The van der Waals surface area contributed by atoms with Gasteiger partial charge in [0.15, 0.2) is 5.65 Å². The number of carbonyl (C=O) groups excluding carboxylic acids is 1. The number of hydrogen-bond acceptors (Lipinski definition) is 4. The van der Waals surface area contributed by atoms with Crippen molar-refractivity contribution >= 4 is 16.9 Å². The lowest BCUT2D eigenvalue weighted by molar-refractivity contribution is 0.0911. The van der Waals surface area contributed by atoms with E-state index < -0.39 is 0 Å². The average Bonchev–Trinajstić information content (AvgIpc) is 2.43. The fourth-order valence-electron chi connectivity index (χ4n) is 1.27. The molecule has 5 heteroatoms. The standard InChI is InChI=1S/C9H9N3O2/c1-5-3-4-7-8(10-5)11-12(6(2)13)9(7)14/h3-4,14H,1-2H3. The van der Waals surface area contributed by atoms with Crippen LogP contribution in [0.15, 0.2) is 12.1 Å². The SMILES string of the molecule is CC(=O)n1nc2nc(C)ccc2c1O. The summed E-state index contributed by atoms with van der Waals surface area (Å²) in [4.78, 5) is 15.1. The molecule has 72 valence electrons. The summed E-state index contributed by atoms with van der Waals surface area (Å²) in [5.74, 6) is -0.488. The number of hydrogen-bond donors (Lipinski definition) is 1. The number of carbonyl (C=O) groups is 1. The highest BCUT2D eigenvalue weighted by Crippen LogP contribution is 2.22. The maximum atomic E-state index is 11.0. The van der Waals surface area contributed by atoms with E-state index in [0.29, 0.717) is 11.0 Å². The number of aromatic hydroxyl groups is 1. The van der Waals surface area contributed by atoms with E-state index in [-0.39, 0.29) is 11.8 Å². The van der Waals surface area contributed by atoms with Gasteiger partial charge in [-0.15, -0.1) is 5.10 Å². The number of pyridine rings is 1. The van der Waals surface area contributed by atoms with Gasteiger partial charge in [-0.05, 0) is 19.1 Å². The van der Waals surface area contributed by atoms with Gasteiger partial charge < -0.3 is 5.11 Å². The average molecular weight is 191 g/mol. The first-order chi connectivity index (χ1) is 6.59. The number of aryl methyl sites for hydroxylation is 1. The maximum Gasteiger partial charge on any atom is 0.247 e. The van der Waals surface area contributed by atoms with E-state index in [1.807, 2.05) is 6.92 Å². The molecule has 0 bridgehead atoms. The Morgan fingerprint density at radius 1 is 1.50 bits per heavy atom. The summed E-state index contributed by atoms with van der Waals surface area (Å²) in [7, 11) is 0. The zero-order valence-electron chi connectivity index (χ0n) is 7.85. The molecule has 0 radical (unpaired) electrons. The van der Waals surface area contributed by atoms with Crippen LogP contribution in [-0.2, 0) is 0 Å². The summed E-state index contributed by atoms with van der Waals surface area (Å²) in [5, 5.41) is 14.0. The summed E-state index contributed by atoms with van der Waals surface area (Å²) in [6, 6.07) is 3.45. The highest BCUT2D eigenvalue weighted by molar-refractivity contribution is 5.87. The van der Waals surface area contributed by atoms with Crippen molar-refractivity contribution in [1.29, 1.82) is 0 Å². The predicted molar refractivity (Wildman–Crippen MR) is 50.2 cm³/mol. The van der Waals surface area contributed by atoms with E-state index in [1.165, 1.54) is 6.92 Å². The fraction of sp³-hybridized carbons (Fsp3) is 0.222. The second-order valence-corrected chi connectivity index (χ2v) is 3.08. The van der Waals surface area contributed by atoms with Crippen molar-refractivity contribution in [2.24, 2.45) is 0 Å². The molecule has 2 aromatic heterocycles. The van der Waals surface area contributed by atoms with Gasteiger partial charge in [-0.3, -0.25) is 4.79 Å². The van der Waals surface area contributed by atoms with E-state index >= 15 is 0 Å². The van der Waals surface area contributed by atoms with Gasteiger partial charge in [0, 0.05) is 12.6 Å². The Balaban J connectivity index is 2.79. The Morgan fingerprint density at radius 2 is 2.21 bits per heavy atom. The summed E-state index contributed by atoms with van der Waals surface area (Å²) in [6.07, 6.45) is 0. The molecular weight excluding hydrogens is 182 g/mol. The maximum absolute atomic E-state index is 11.0. The quantitative estimate of drug-likeness (QED) is 0.677. The zero-order chi connectivity index (χ0) is 10.3. The molecule has 0 spiro atoms. The Kier molecular flexibility index (Phi) is 1.73. The van der Waals surface area contributed by atoms with Crippen LogP contribution in [0.5, 0.6) is 5.88 Å². The third-order valence-electron chi connectivity index (χ3n) is 1.95. The molecule has 0 aliphatic carbocycles. The third kappa shape index (κ3) is 1.14. The molecule has 0 saturated heterocycles. The van der Waals surface area contributed by atoms with E-state index in [9.17, 15) is 9.90 Å². The van der Waals surface area contributed by atoms with Gasteiger partial charge in [-0.1, -0.05) is 0 Å². The van der Waals surface area contributed by atoms with Crippen molar-refractivity contribution < 1.29 is 9.90 Å². The lowest BCUT2D eigenvalue weighted by Crippen LogP contribution is -2.06. The topological polar surface area (TPSA) is 68.0 Å². The number of nitrogens with zero attached hydrogens (tertiary/aromatic N) is 3. The molecule has 14 heavy (non-hydrogen) atoms. The third-order valence-corrected chi connectivity index (χ3v) is 1.95. The van der Waals surface area contributed by atoms with Crippen LogP contribution in [0.2, 0.25) is 0 Å². The Morgan fingerprint density at radius 3 is 2.86 bits per heavy atom. The first-order valence-electron chi connectivity index (χ1n) is 4.16. The summed E-state index contributed by atoms with van der Waals surface area (Å²) in [6.45, 7) is 3.15. The Hall–Kier alpha value is -1.91. The van der Waals surface area contributed by atoms with Crippen molar-refractivity contribution in [3.05, 3.63) is 17.8 Å². The van der Waals surface area contributed by atoms with Crippen LogP contribution in [0.1, 0.15) is 17.4 Å². The lowest BCUT2D eigenvalue weighted by atomic mass is 10.3. The molecule has 0 saturated carbocycles. The number of rotatable bonds is 0. The monoisotopic (exact) mass is 191 g/mol. The minimum Gasteiger partial charge on any atom is -0.493 e. The summed E-state index contributed by atoms with van der Waals surface area (Å²) >= 11 is 0. The van der Waals surface area contributed by atoms with Crippen molar-refractivity contribution in [3.8, 4) is 5.88 Å². The smallest absolute Gasteiger partial charge is 0.247 e. The van der Waals surface area contributed by atoms with Crippen molar-refractivity contribution in [3.63, 3.8) is 0 Å². The van der Waals surface area contributed by atoms with Crippen LogP contribution in [0.4, 0.5) is 0 Å². The summed E-state index contributed by atoms with van der Waals surface area (Å²) < 4.78 is 0.942. The first-order valence-corrected chi connectivity index (χ1v) is 4.16. The molecule has 0 fully saturated rings. The zero-order valence-corrected chi connectivity index (χ0v) is 7.85. The van der Waals surface area contributed by atoms with Crippen molar-refractivity contribution in [2.45, 2.75) is 13.8 Å². The molecule has 0 aliphatic rings. The molecule has 0 unspecified atom stereocenters. The minimum absolute atomic E-state index is 0.153. The molecule has 1 N–H and O–H groups in total. The van der Waals surface area contributed by atoms with E-state index in [2.05, 4.69) is 10.1 Å². The van der Waals surface area contributed by atoms with Crippen molar-refractivity contribution in [1.82, 2.24) is 14.8 Å². The highest BCUT2D eigenvalue weighted by Gasteiger charge is 2.13. The molecule has 0 amide bonds. The highest BCUT2D eigenvalue weighted by atomic mass is 16.3. The normalized spacial score (nSPS) is 10.7. The van der Waals surface area contributed by atoms with Gasteiger partial charge in [0.1, 0.15) is 0 Å². The molecule has 2 rings (SSSR count). The predicted octanol–water partition coefficient (Wildman–Crippen LogP) is 1.11. The van der Waals surface area contributed by atoms with Crippen LogP contribution in [0.3, 0.4) is 0 Å². The van der Waals surface area contributed by atoms with E-state index in [0.717, 1.165) is 10.4 Å². The van der Waals surface area contributed by atoms with E-state index in [1.54, 1.807) is 12.1 Å². The molecule has 2 aromatic rings. The second kappa shape index (κ2) is 2.80.